The van der Waals surface area contributed by atoms with Crippen LogP contribution in [0.3, 0.4) is 0 Å². The van der Waals surface area contributed by atoms with Crippen molar-refractivity contribution in [2.75, 3.05) is 25.5 Å². The van der Waals surface area contributed by atoms with E-state index in [0.717, 1.165) is 31.4 Å². The Morgan fingerprint density at radius 3 is 2.75 bits per heavy atom. The second-order valence-electron chi connectivity index (χ2n) is 5.45. The number of nitrogens with zero attached hydrogens (tertiary/aromatic N) is 4. The molecule has 0 unspecified atom stereocenters. The summed E-state index contributed by atoms with van der Waals surface area (Å²) in [5.74, 6) is 0.740. The second kappa shape index (κ2) is 7.81. The maximum Gasteiger partial charge on any atom is 0.158 e. The molecule has 20 heavy (non-hydrogen) atoms. The molecule has 1 saturated carbocycles. The van der Waals surface area contributed by atoms with Gasteiger partial charge in [-0.05, 0) is 32.9 Å². The van der Waals surface area contributed by atoms with Gasteiger partial charge >= 0.3 is 0 Å². The van der Waals surface area contributed by atoms with Gasteiger partial charge in [-0.15, -0.1) is 0 Å². The molecular weight excluding hydrogens is 250 g/mol. The maximum atomic E-state index is 8.65. The highest BCUT2D eigenvalue weighted by Crippen LogP contribution is 2.21. The zero-order chi connectivity index (χ0) is 14.2. The molecule has 1 heterocycles. The third kappa shape index (κ3) is 4.46. The molecule has 1 aliphatic carbocycles. The van der Waals surface area contributed by atoms with Crippen molar-refractivity contribution in [1.29, 1.82) is 5.26 Å². The van der Waals surface area contributed by atoms with Crippen LogP contribution in [0.1, 0.15) is 44.2 Å². The van der Waals surface area contributed by atoms with Gasteiger partial charge in [-0.1, -0.05) is 19.3 Å². The molecule has 1 aromatic rings. The predicted molar refractivity (Wildman–Crippen MR) is 79.4 cm³/mol. The van der Waals surface area contributed by atoms with Gasteiger partial charge < -0.3 is 10.2 Å². The van der Waals surface area contributed by atoms with Crippen molar-refractivity contribution in [1.82, 2.24) is 14.9 Å². The monoisotopic (exact) mass is 273 g/mol. The van der Waals surface area contributed by atoms with Crippen LogP contribution in [0.5, 0.6) is 0 Å². The highest BCUT2D eigenvalue weighted by atomic mass is 15.1. The van der Waals surface area contributed by atoms with E-state index >= 15 is 0 Å². The Balaban J connectivity index is 1.64. The van der Waals surface area contributed by atoms with Crippen molar-refractivity contribution in [3.05, 3.63) is 18.1 Å². The number of rotatable bonds is 6. The molecule has 108 valence electrons. The average Bonchev–Trinajstić information content (AvgIpc) is 2.53. The second-order valence-corrected chi connectivity index (χ2v) is 5.45. The summed E-state index contributed by atoms with van der Waals surface area (Å²) in [7, 11) is 2.23. The van der Waals surface area contributed by atoms with E-state index in [2.05, 4.69) is 27.2 Å². The normalized spacial score (nSPS) is 16.1. The molecule has 0 spiro atoms. The first-order valence-electron chi connectivity index (χ1n) is 7.46. The van der Waals surface area contributed by atoms with E-state index in [1.54, 1.807) is 6.20 Å². The Morgan fingerprint density at radius 1 is 1.30 bits per heavy atom. The molecule has 1 N–H and O–H groups in total. The summed E-state index contributed by atoms with van der Waals surface area (Å²) in [4.78, 5) is 10.6. The molecule has 1 fully saturated rings. The lowest BCUT2D eigenvalue weighted by Crippen LogP contribution is -2.34. The van der Waals surface area contributed by atoms with Crippen molar-refractivity contribution >= 4 is 5.82 Å². The topological polar surface area (TPSA) is 64.8 Å². The van der Waals surface area contributed by atoms with Gasteiger partial charge in [0.25, 0.3) is 0 Å². The molecule has 1 aliphatic rings. The summed E-state index contributed by atoms with van der Waals surface area (Å²) in [5, 5.41) is 11.9. The third-order valence-corrected chi connectivity index (χ3v) is 3.96. The summed E-state index contributed by atoms with van der Waals surface area (Å²) in [6.07, 6.45) is 11.1. The molecule has 0 aromatic carbocycles. The van der Waals surface area contributed by atoms with Crippen molar-refractivity contribution in [2.45, 2.75) is 44.6 Å². The summed E-state index contributed by atoms with van der Waals surface area (Å²) in [6, 6.07) is 2.74. The molecule has 5 nitrogen and oxygen atoms in total. The lowest BCUT2D eigenvalue weighted by atomic mass is 9.94. The molecule has 0 bridgehead atoms. The van der Waals surface area contributed by atoms with E-state index in [1.165, 1.54) is 38.3 Å². The Hall–Kier alpha value is -1.67. The summed E-state index contributed by atoms with van der Waals surface area (Å²) in [6.45, 7) is 2.00. The lowest BCUT2D eigenvalue weighted by molar-refractivity contribution is 0.191. The fourth-order valence-corrected chi connectivity index (χ4v) is 2.73. The number of nitriles is 1. The number of nitrogens with one attached hydrogen (secondary N) is 1. The molecule has 1 aromatic heterocycles. The van der Waals surface area contributed by atoms with E-state index in [-0.39, 0.29) is 0 Å². The Morgan fingerprint density at radius 2 is 2.10 bits per heavy atom. The minimum atomic E-state index is 0.354. The van der Waals surface area contributed by atoms with Crippen LogP contribution in [0.4, 0.5) is 5.82 Å². The van der Waals surface area contributed by atoms with Crippen molar-refractivity contribution < 1.29 is 0 Å². The van der Waals surface area contributed by atoms with Crippen LogP contribution in [-0.2, 0) is 0 Å². The Labute approximate surface area is 121 Å². The van der Waals surface area contributed by atoms with Gasteiger partial charge in [0.15, 0.2) is 5.69 Å². The summed E-state index contributed by atoms with van der Waals surface area (Å²) >= 11 is 0. The Kier molecular flexibility index (Phi) is 5.75. The van der Waals surface area contributed by atoms with Gasteiger partial charge in [-0.25, -0.2) is 9.97 Å². The predicted octanol–water partition coefficient (Wildman–Crippen LogP) is 2.41. The van der Waals surface area contributed by atoms with E-state index in [0.29, 0.717) is 5.69 Å². The number of hydrogen-bond donors (Lipinski definition) is 1. The highest BCUT2D eigenvalue weighted by molar-refractivity contribution is 5.32. The molecular formula is C15H23N5. The van der Waals surface area contributed by atoms with Crippen molar-refractivity contribution in [3.8, 4) is 6.07 Å². The standard InChI is InChI=1S/C15H23N5/c1-20(14-6-3-2-4-7-14)9-5-8-17-15-12-18-13(10-16)11-19-15/h11-12,14H,2-9H2,1H3,(H,17,19). The van der Waals surface area contributed by atoms with Crippen LogP contribution in [-0.4, -0.2) is 41.0 Å². The van der Waals surface area contributed by atoms with Crippen LogP contribution in [0.25, 0.3) is 0 Å². The molecule has 0 radical (unpaired) electrons. The molecule has 0 amide bonds. The molecule has 5 heteroatoms. The van der Waals surface area contributed by atoms with Crippen LogP contribution in [0.15, 0.2) is 12.4 Å². The largest absolute Gasteiger partial charge is 0.369 e. The van der Waals surface area contributed by atoms with Crippen LogP contribution in [0, 0.1) is 11.3 Å². The summed E-state index contributed by atoms with van der Waals surface area (Å²) in [5.41, 5.74) is 0.354. The van der Waals surface area contributed by atoms with Crippen molar-refractivity contribution in [2.24, 2.45) is 0 Å². The molecule has 0 aliphatic heterocycles. The number of anilines is 1. The number of hydrogen-bond acceptors (Lipinski definition) is 5. The highest BCUT2D eigenvalue weighted by Gasteiger charge is 2.17. The first-order chi connectivity index (χ1) is 9.79. The first-order valence-corrected chi connectivity index (χ1v) is 7.46. The van der Waals surface area contributed by atoms with E-state index in [1.807, 2.05) is 6.07 Å². The van der Waals surface area contributed by atoms with Gasteiger partial charge in [-0.2, -0.15) is 5.26 Å². The van der Waals surface area contributed by atoms with Gasteiger partial charge in [0.2, 0.25) is 0 Å². The SMILES string of the molecule is CN(CCCNc1cnc(C#N)cn1)C1CCCCC1. The quantitative estimate of drug-likeness (QED) is 0.806. The zero-order valence-corrected chi connectivity index (χ0v) is 12.2. The van der Waals surface area contributed by atoms with Gasteiger partial charge in [0.05, 0.1) is 12.4 Å². The minimum absolute atomic E-state index is 0.354. The number of aromatic nitrogens is 2. The zero-order valence-electron chi connectivity index (χ0n) is 12.2. The average molecular weight is 273 g/mol. The van der Waals surface area contributed by atoms with E-state index < -0.39 is 0 Å². The van der Waals surface area contributed by atoms with Crippen LogP contribution in [0.2, 0.25) is 0 Å². The lowest BCUT2D eigenvalue weighted by Gasteiger charge is -2.31. The smallest absolute Gasteiger partial charge is 0.158 e. The van der Waals surface area contributed by atoms with E-state index in [9.17, 15) is 0 Å². The third-order valence-electron chi connectivity index (χ3n) is 3.96. The Bertz CT molecular complexity index is 431. The summed E-state index contributed by atoms with van der Waals surface area (Å²) < 4.78 is 0. The van der Waals surface area contributed by atoms with Gasteiger partial charge in [0, 0.05) is 12.6 Å². The fraction of sp³-hybridized carbons (Fsp3) is 0.667. The molecule has 2 rings (SSSR count). The first kappa shape index (κ1) is 14.7. The maximum absolute atomic E-state index is 8.65. The van der Waals surface area contributed by atoms with Gasteiger partial charge in [-0.3, -0.25) is 0 Å². The van der Waals surface area contributed by atoms with E-state index in [4.69, 9.17) is 5.26 Å². The molecule has 0 saturated heterocycles. The fourth-order valence-electron chi connectivity index (χ4n) is 2.73. The van der Waals surface area contributed by atoms with Crippen LogP contribution >= 0.6 is 0 Å². The minimum Gasteiger partial charge on any atom is -0.369 e. The van der Waals surface area contributed by atoms with Crippen molar-refractivity contribution in [3.63, 3.8) is 0 Å². The van der Waals surface area contributed by atoms with Crippen LogP contribution < -0.4 is 5.32 Å². The van der Waals surface area contributed by atoms with Gasteiger partial charge in [0.1, 0.15) is 11.9 Å². The molecule has 0 atom stereocenters.